The van der Waals surface area contributed by atoms with Gasteiger partial charge < -0.3 is 10.1 Å². The molecule has 0 spiro atoms. The number of aryl methyl sites for hydroxylation is 1. The Morgan fingerprint density at radius 1 is 0.880 bits per heavy atom. The number of hydrogen-bond acceptors (Lipinski definition) is 2. The number of ether oxygens (including phenoxy) is 1. The average Bonchev–Trinajstić information content (AvgIpc) is 2.56. The van der Waals surface area contributed by atoms with E-state index in [1.807, 2.05) is 31.2 Å². The lowest BCUT2D eigenvalue weighted by Crippen LogP contribution is -2.15. The number of hydrogen-bond donors (Lipinski definition) is 1. The van der Waals surface area contributed by atoms with Crippen LogP contribution < -0.4 is 10.1 Å². The summed E-state index contributed by atoms with van der Waals surface area (Å²) in [7, 11) is 0. The van der Waals surface area contributed by atoms with Crippen molar-refractivity contribution in [1.82, 2.24) is 0 Å². The fourth-order valence-corrected chi connectivity index (χ4v) is 2.33. The molecule has 0 atom stereocenters. The first-order chi connectivity index (χ1) is 12.0. The van der Waals surface area contributed by atoms with E-state index in [1.54, 1.807) is 24.3 Å². The second kappa shape index (κ2) is 7.13. The van der Waals surface area contributed by atoms with Gasteiger partial charge in [-0.3, -0.25) is 4.79 Å². The Morgan fingerprint density at radius 2 is 1.52 bits per heavy atom. The van der Waals surface area contributed by atoms with Gasteiger partial charge >= 0.3 is 0 Å². The molecule has 0 saturated carbocycles. The number of carbonyl (C=O) groups is 1. The summed E-state index contributed by atoms with van der Waals surface area (Å²) < 4.78 is 33.0. The second-order valence-electron chi connectivity index (χ2n) is 5.49. The molecule has 0 fully saturated rings. The highest BCUT2D eigenvalue weighted by atomic mass is 19.1. The largest absolute Gasteiger partial charge is 0.457 e. The molecule has 0 aliphatic rings. The second-order valence-corrected chi connectivity index (χ2v) is 5.49. The van der Waals surface area contributed by atoms with Gasteiger partial charge in [0.25, 0.3) is 5.91 Å². The van der Waals surface area contributed by atoms with Gasteiger partial charge in [-0.1, -0.05) is 18.2 Å². The van der Waals surface area contributed by atoms with Crippen LogP contribution >= 0.6 is 0 Å². The topological polar surface area (TPSA) is 38.3 Å². The number of anilines is 1. The summed E-state index contributed by atoms with van der Waals surface area (Å²) in [5.41, 5.74) is 0.875. The van der Waals surface area contributed by atoms with Crippen LogP contribution in [0.3, 0.4) is 0 Å². The van der Waals surface area contributed by atoms with Crippen molar-refractivity contribution in [2.45, 2.75) is 6.92 Å². The fraction of sp³-hybridized carbons (Fsp3) is 0.0500. The highest BCUT2D eigenvalue weighted by molar-refractivity contribution is 6.04. The zero-order valence-electron chi connectivity index (χ0n) is 13.4. The molecule has 0 radical (unpaired) electrons. The first kappa shape index (κ1) is 16.6. The molecule has 0 unspecified atom stereocenters. The van der Waals surface area contributed by atoms with Crippen LogP contribution in [0.25, 0.3) is 0 Å². The van der Waals surface area contributed by atoms with E-state index in [0.29, 0.717) is 17.2 Å². The van der Waals surface area contributed by atoms with Crippen LogP contribution in [0.2, 0.25) is 0 Å². The molecule has 1 amide bonds. The van der Waals surface area contributed by atoms with Gasteiger partial charge in [-0.05, 0) is 61.0 Å². The van der Waals surface area contributed by atoms with Crippen molar-refractivity contribution >= 4 is 11.6 Å². The number of nitrogens with one attached hydrogen (secondary N) is 1. The summed E-state index contributed by atoms with van der Waals surface area (Å²) in [5.74, 6) is -1.37. The van der Waals surface area contributed by atoms with Crippen LogP contribution in [0.1, 0.15) is 15.9 Å². The van der Waals surface area contributed by atoms with Gasteiger partial charge in [-0.25, -0.2) is 8.78 Å². The lowest BCUT2D eigenvalue weighted by Gasteiger charge is -2.09. The quantitative estimate of drug-likeness (QED) is 0.699. The molecule has 126 valence electrons. The lowest BCUT2D eigenvalue weighted by molar-refractivity contribution is 0.101. The Labute approximate surface area is 143 Å². The summed E-state index contributed by atoms with van der Waals surface area (Å²) >= 11 is 0. The van der Waals surface area contributed by atoms with Crippen molar-refractivity contribution in [1.29, 1.82) is 0 Å². The van der Waals surface area contributed by atoms with Gasteiger partial charge in [0.15, 0.2) is 0 Å². The minimum Gasteiger partial charge on any atom is -0.457 e. The molecule has 3 nitrogen and oxygen atoms in total. The van der Waals surface area contributed by atoms with Crippen LogP contribution in [-0.2, 0) is 0 Å². The maximum Gasteiger partial charge on any atom is 0.261 e. The van der Waals surface area contributed by atoms with Gasteiger partial charge in [0, 0.05) is 5.69 Å². The number of halogens is 2. The van der Waals surface area contributed by atoms with E-state index < -0.39 is 23.1 Å². The predicted octanol–water partition coefficient (Wildman–Crippen LogP) is 5.32. The Bertz CT molecular complexity index is 888. The maximum atomic E-state index is 13.6. The van der Waals surface area contributed by atoms with Crippen LogP contribution in [0.5, 0.6) is 11.5 Å². The monoisotopic (exact) mass is 339 g/mol. The van der Waals surface area contributed by atoms with E-state index in [2.05, 4.69) is 5.32 Å². The molecule has 1 N–H and O–H groups in total. The summed E-state index contributed by atoms with van der Waals surface area (Å²) in [4.78, 5) is 12.0. The fourth-order valence-electron chi connectivity index (χ4n) is 2.33. The molecular formula is C20H15F2NO2. The minimum absolute atomic E-state index is 0.407. The number of benzene rings is 3. The van der Waals surface area contributed by atoms with E-state index in [0.717, 1.165) is 17.7 Å². The molecule has 0 heterocycles. The van der Waals surface area contributed by atoms with Gasteiger partial charge in [0.2, 0.25) is 0 Å². The van der Waals surface area contributed by atoms with E-state index in [4.69, 9.17) is 4.74 Å². The highest BCUT2D eigenvalue weighted by Gasteiger charge is 2.17. The number of carbonyl (C=O) groups excluding carboxylic acids is 1. The first-order valence-electron chi connectivity index (χ1n) is 7.63. The normalized spacial score (nSPS) is 10.4. The Balaban J connectivity index is 1.71. The smallest absolute Gasteiger partial charge is 0.261 e. The summed E-state index contributed by atoms with van der Waals surface area (Å²) in [6, 6.07) is 17.4. The van der Waals surface area contributed by atoms with E-state index in [1.165, 1.54) is 6.07 Å². The van der Waals surface area contributed by atoms with Crippen molar-refractivity contribution in [3.8, 4) is 11.5 Å². The maximum absolute atomic E-state index is 13.6. The van der Waals surface area contributed by atoms with Gasteiger partial charge in [0.1, 0.15) is 28.7 Å². The molecule has 3 aromatic rings. The highest BCUT2D eigenvalue weighted by Crippen LogP contribution is 2.24. The Hall–Kier alpha value is -3.21. The zero-order valence-corrected chi connectivity index (χ0v) is 13.4. The van der Waals surface area contributed by atoms with E-state index >= 15 is 0 Å². The van der Waals surface area contributed by atoms with Crippen molar-refractivity contribution in [2.24, 2.45) is 0 Å². The first-order valence-corrected chi connectivity index (χ1v) is 7.63. The van der Waals surface area contributed by atoms with Crippen molar-refractivity contribution in [3.05, 3.63) is 89.5 Å². The third-order valence-electron chi connectivity index (χ3n) is 3.53. The Morgan fingerprint density at radius 3 is 2.16 bits per heavy atom. The van der Waals surface area contributed by atoms with Gasteiger partial charge in [-0.15, -0.1) is 0 Å². The third-order valence-corrected chi connectivity index (χ3v) is 3.53. The zero-order chi connectivity index (χ0) is 17.8. The van der Waals surface area contributed by atoms with Gasteiger partial charge in [-0.2, -0.15) is 0 Å². The molecule has 5 heteroatoms. The van der Waals surface area contributed by atoms with Crippen LogP contribution in [-0.4, -0.2) is 5.91 Å². The molecule has 0 aromatic heterocycles. The minimum atomic E-state index is -0.906. The Kier molecular flexibility index (Phi) is 4.75. The summed E-state index contributed by atoms with van der Waals surface area (Å²) in [6.45, 7) is 1.97. The number of rotatable bonds is 4. The summed E-state index contributed by atoms with van der Waals surface area (Å²) in [5, 5.41) is 2.47. The molecule has 0 aliphatic heterocycles. The third kappa shape index (κ3) is 4.01. The molecule has 3 aromatic carbocycles. The van der Waals surface area contributed by atoms with E-state index in [9.17, 15) is 13.6 Å². The molecule has 0 saturated heterocycles. The molecule has 0 aliphatic carbocycles. The predicted molar refractivity (Wildman–Crippen MR) is 92.0 cm³/mol. The van der Waals surface area contributed by atoms with Crippen molar-refractivity contribution < 1.29 is 18.3 Å². The van der Waals surface area contributed by atoms with Crippen LogP contribution in [0.4, 0.5) is 14.5 Å². The molecule has 25 heavy (non-hydrogen) atoms. The van der Waals surface area contributed by atoms with Crippen LogP contribution in [0, 0.1) is 18.6 Å². The van der Waals surface area contributed by atoms with Crippen molar-refractivity contribution in [2.75, 3.05) is 5.32 Å². The summed E-state index contributed by atoms with van der Waals surface area (Å²) in [6.07, 6.45) is 0. The molecular weight excluding hydrogens is 324 g/mol. The van der Waals surface area contributed by atoms with Gasteiger partial charge in [0.05, 0.1) is 0 Å². The van der Waals surface area contributed by atoms with Crippen LogP contribution in [0.15, 0.2) is 66.7 Å². The average molecular weight is 339 g/mol. The number of amides is 1. The van der Waals surface area contributed by atoms with E-state index in [-0.39, 0.29) is 0 Å². The SMILES string of the molecule is Cc1cccc(Oc2ccc(NC(=O)c3c(F)cccc3F)cc2)c1. The standard InChI is InChI=1S/C20H15F2NO2/c1-13-4-2-5-16(12-13)25-15-10-8-14(9-11-15)23-20(24)19-17(21)6-3-7-18(19)22/h2-12H,1H3,(H,23,24). The van der Waals surface area contributed by atoms with Crippen molar-refractivity contribution in [3.63, 3.8) is 0 Å². The molecule has 0 bridgehead atoms. The molecule has 3 rings (SSSR count). The lowest BCUT2D eigenvalue weighted by atomic mass is 10.1.